The van der Waals surface area contributed by atoms with Gasteiger partial charge < -0.3 is 0 Å². The standard InChI is InChI=1S/C11H7N3O/c12-8-9-2-4-10(5-3-9)11(15)14-7-1-6-13-14/h1-7H. The van der Waals surface area contributed by atoms with E-state index in [0.29, 0.717) is 11.1 Å². The molecule has 0 radical (unpaired) electrons. The largest absolute Gasteiger partial charge is 0.278 e. The van der Waals surface area contributed by atoms with E-state index in [2.05, 4.69) is 5.10 Å². The Kier molecular flexibility index (Phi) is 2.30. The fourth-order valence-corrected chi connectivity index (χ4v) is 1.21. The van der Waals surface area contributed by atoms with Gasteiger partial charge in [-0.05, 0) is 30.3 Å². The predicted octanol–water partition coefficient (Wildman–Crippen LogP) is 1.44. The Morgan fingerprint density at radius 3 is 2.60 bits per heavy atom. The van der Waals surface area contributed by atoms with Crippen molar-refractivity contribution in [2.24, 2.45) is 0 Å². The fourth-order valence-electron chi connectivity index (χ4n) is 1.21. The van der Waals surface area contributed by atoms with Gasteiger partial charge in [-0.3, -0.25) is 4.79 Å². The van der Waals surface area contributed by atoms with Gasteiger partial charge >= 0.3 is 0 Å². The molecule has 4 nitrogen and oxygen atoms in total. The Morgan fingerprint density at radius 1 is 1.33 bits per heavy atom. The number of aromatic nitrogens is 2. The van der Waals surface area contributed by atoms with E-state index in [4.69, 9.17) is 5.26 Å². The number of nitriles is 1. The van der Waals surface area contributed by atoms with E-state index in [-0.39, 0.29) is 5.91 Å². The van der Waals surface area contributed by atoms with Crippen LogP contribution in [0.5, 0.6) is 0 Å². The molecule has 0 atom stereocenters. The molecule has 1 aromatic carbocycles. The molecule has 0 unspecified atom stereocenters. The lowest BCUT2D eigenvalue weighted by Gasteiger charge is -1.99. The number of nitrogens with zero attached hydrogens (tertiary/aromatic N) is 3. The smallest absolute Gasteiger partial charge is 0.267 e. The first kappa shape index (κ1) is 9.16. The van der Waals surface area contributed by atoms with Crippen LogP contribution in [0.3, 0.4) is 0 Å². The van der Waals surface area contributed by atoms with Crippen molar-refractivity contribution >= 4 is 5.91 Å². The topological polar surface area (TPSA) is 58.7 Å². The van der Waals surface area contributed by atoms with Crippen LogP contribution in [0.2, 0.25) is 0 Å². The van der Waals surface area contributed by atoms with Crippen molar-refractivity contribution in [1.29, 1.82) is 5.26 Å². The van der Waals surface area contributed by atoms with Crippen LogP contribution in [0.25, 0.3) is 0 Å². The lowest BCUT2D eigenvalue weighted by Crippen LogP contribution is -2.12. The molecular weight excluding hydrogens is 190 g/mol. The molecule has 2 rings (SSSR count). The molecule has 0 aliphatic rings. The van der Waals surface area contributed by atoms with Gasteiger partial charge in [0, 0.05) is 18.0 Å². The van der Waals surface area contributed by atoms with Gasteiger partial charge in [0.1, 0.15) is 0 Å². The number of rotatable bonds is 1. The third-order valence-electron chi connectivity index (χ3n) is 1.97. The van der Waals surface area contributed by atoms with Gasteiger partial charge in [-0.2, -0.15) is 10.4 Å². The zero-order chi connectivity index (χ0) is 10.7. The first-order chi connectivity index (χ1) is 7.31. The Morgan fingerprint density at radius 2 is 2.07 bits per heavy atom. The maximum absolute atomic E-state index is 11.7. The summed E-state index contributed by atoms with van der Waals surface area (Å²) in [5.41, 5.74) is 1.05. The van der Waals surface area contributed by atoms with Crippen molar-refractivity contribution < 1.29 is 4.79 Å². The molecular formula is C11H7N3O. The minimum Gasteiger partial charge on any atom is -0.267 e. The van der Waals surface area contributed by atoms with Crippen LogP contribution in [0.15, 0.2) is 42.7 Å². The van der Waals surface area contributed by atoms with Gasteiger partial charge in [-0.1, -0.05) is 0 Å². The van der Waals surface area contributed by atoms with Gasteiger partial charge in [-0.25, -0.2) is 4.68 Å². The van der Waals surface area contributed by atoms with Gasteiger partial charge in [0.15, 0.2) is 0 Å². The highest BCUT2D eigenvalue weighted by Crippen LogP contribution is 2.05. The van der Waals surface area contributed by atoms with Crippen molar-refractivity contribution in [3.05, 3.63) is 53.9 Å². The molecule has 0 aliphatic heterocycles. The zero-order valence-electron chi connectivity index (χ0n) is 7.79. The van der Waals surface area contributed by atoms with E-state index < -0.39 is 0 Å². The van der Waals surface area contributed by atoms with Gasteiger partial charge in [0.05, 0.1) is 11.6 Å². The van der Waals surface area contributed by atoms with Gasteiger partial charge in [0.2, 0.25) is 0 Å². The molecule has 0 saturated heterocycles. The summed E-state index contributed by atoms with van der Waals surface area (Å²) in [5, 5.41) is 12.4. The molecule has 0 amide bonds. The summed E-state index contributed by atoms with van der Waals surface area (Å²) in [4.78, 5) is 11.7. The Bertz CT molecular complexity index is 506. The Labute approximate surface area is 86.4 Å². The summed E-state index contributed by atoms with van der Waals surface area (Å²) < 4.78 is 1.25. The first-order valence-corrected chi connectivity index (χ1v) is 4.36. The van der Waals surface area contributed by atoms with E-state index >= 15 is 0 Å². The Balaban J connectivity index is 2.32. The molecule has 1 aromatic heterocycles. The lowest BCUT2D eigenvalue weighted by molar-refractivity contribution is 0.0945. The maximum atomic E-state index is 11.7. The third kappa shape index (κ3) is 1.76. The molecule has 15 heavy (non-hydrogen) atoms. The SMILES string of the molecule is N#Cc1ccc(C(=O)n2cccn2)cc1. The van der Waals surface area contributed by atoms with Crippen LogP contribution in [-0.2, 0) is 0 Å². The minimum absolute atomic E-state index is 0.204. The van der Waals surface area contributed by atoms with Crippen LogP contribution in [-0.4, -0.2) is 15.7 Å². The second-order valence-electron chi connectivity index (χ2n) is 2.94. The number of hydrogen-bond donors (Lipinski definition) is 0. The van der Waals surface area contributed by atoms with Crippen molar-refractivity contribution in [3.8, 4) is 6.07 Å². The molecule has 0 spiro atoms. The van der Waals surface area contributed by atoms with Crippen LogP contribution in [0, 0.1) is 11.3 Å². The van der Waals surface area contributed by atoms with E-state index in [0.717, 1.165) is 0 Å². The van der Waals surface area contributed by atoms with Crippen LogP contribution < -0.4 is 0 Å². The quantitative estimate of drug-likeness (QED) is 0.695. The number of benzene rings is 1. The van der Waals surface area contributed by atoms with Crippen LogP contribution in [0.4, 0.5) is 0 Å². The van der Waals surface area contributed by atoms with Crippen molar-refractivity contribution in [2.45, 2.75) is 0 Å². The van der Waals surface area contributed by atoms with E-state index in [1.165, 1.54) is 4.68 Å². The van der Waals surface area contributed by atoms with Crippen LogP contribution in [0.1, 0.15) is 15.9 Å². The molecule has 0 fully saturated rings. The average molecular weight is 197 g/mol. The molecule has 2 aromatic rings. The predicted molar refractivity (Wildman–Crippen MR) is 53.1 cm³/mol. The van der Waals surface area contributed by atoms with Crippen molar-refractivity contribution in [3.63, 3.8) is 0 Å². The maximum Gasteiger partial charge on any atom is 0.278 e. The number of carbonyl (C=O) groups excluding carboxylic acids is 1. The highest BCUT2D eigenvalue weighted by Gasteiger charge is 2.07. The summed E-state index contributed by atoms with van der Waals surface area (Å²) in [6.45, 7) is 0. The number of hydrogen-bond acceptors (Lipinski definition) is 3. The molecule has 0 N–H and O–H groups in total. The molecule has 4 heteroatoms. The molecule has 0 saturated carbocycles. The molecule has 72 valence electrons. The second-order valence-corrected chi connectivity index (χ2v) is 2.94. The average Bonchev–Trinajstić information content (AvgIpc) is 2.82. The summed E-state index contributed by atoms with van der Waals surface area (Å²) in [6, 6.07) is 10.1. The van der Waals surface area contributed by atoms with Crippen LogP contribution >= 0.6 is 0 Å². The molecule has 0 bridgehead atoms. The summed E-state index contributed by atoms with van der Waals surface area (Å²) in [7, 11) is 0. The third-order valence-corrected chi connectivity index (χ3v) is 1.97. The highest BCUT2D eigenvalue weighted by atomic mass is 16.2. The van der Waals surface area contributed by atoms with E-state index in [1.54, 1.807) is 42.7 Å². The monoisotopic (exact) mass is 197 g/mol. The van der Waals surface area contributed by atoms with Crippen molar-refractivity contribution in [2.75, 3.05) is 0 Å². The highest BCUT2D eigenvalue weighted by molar-refractivity contribution is 5.95. The zero-order valence-corrected chi connectivity index (χ0v) is 7.79. The second kappa shape index (κ2) is 3.76. The summed E-state index contributed by atoms with van der Waals surface area (Å²) >= 11 is 0. The molecule has 0 aliphatic carbocycles. The Hall–Kier alpha value is -2.41. The van der Waals surface area contributed by atoms with Crippen molar-refractivity contribution in [1.82, 2.24) is 9.78 Å². The number of carbonyl (C=O) groups is 1. The van der Waals surface area contributed by atoms with E-state index in [9.17, 15) is 4.79 Å². The lowest BCUT2D eigenvalue weighted by atomic mass is 10.1. The fraction of sp³-hybridized carbons (Fsp3) is 0. The summed E-state index contributed by atoms with van der Waals surface area (Å²) in [5.74, 6) is -0.204. The first-order valence-electron chi connectivity index (χ1n) is 4.36. The minimum atomic E-state index is -0.204. The molecule has 1 heterocycles. The van der Waals surface area contributed by atoms with Gasteiger partial charge in [0.25, 0.3) is 5.91 Å². The normalized spacial score (nSPS) is 9.53. The van der Waals surface area contributed by atoms with Gasteiger partial charge in [-0.15, -0.1) is 0 Å². The summed E-state index contributed by atoms with van der Waals surface area (Å²) in [6.07, 6.45) is 3.13. The van der Waals surface area contributed by atoms with E-state index in [1.807, 2.05) is 6.07 Å².